The number of fused-ring (bicyclic) bond motifs is 6. The smallest absolute Gasteiger partial charge is 0.0468 e. The minimum Gasteiger partial charge on any atom is -0.310 e. The Hall–Kier alpha value is -8.20. The van der Waals surface area contributed by atoms with Crippen molar-refractivity contribution in [3.63, 3.8) is 0 Å². The van der Waals surface area contributed by atoms with E-state index in [4.69, 9.17) is 0 Å². The molecular weight excluding hydrogens is 821 g/mol. The van der Waals surface area contributed by atoms with Crippen LogP contribution in [0.3, 0.4) is 0 Å². The molecule has 13 rings (SSSR count). The van der Waals surface area contributed by atoms with E-state index in [2.05, 4.69) is 256 Å². The van der Waals surface area contributed by atoms with Crippen molar-refractivity contribution in [2.24, 2.45) is 11.8 Å². The van der Waals surface area contributed by atoms with Crippen LogP contribution in [-0.4, -0.2) is 0 Å². The molecule has 0 amide bonds. The molecule has 0 aromatic heterocycles. The van der Waals surface area contributed by atoms with Crippen LogP contribution in [0.4, 0.5) is 28.4 Å². The van der Waals surface area contributed by atoms with E-state index in [-0.39, 0.29) is 11.8 Å². The highest BCUT2D eigenvalue weighted by molar-refractivity contribution is 6.00. The summed E-state index contributed by atoms with van der Waals surface area (Å²) in [5.74, 6) is 0.205. The fourth-order valence-electron chi connectivity index (χ4n) is 11.5. The third-order valence-electron chi connectivity index (χ3n) is 14.8. The van der Waals surface area contributed by atoms with E-state index in [1.54, 1.807) is 0 Å². The average molecular weight is 871 g/mol. The molecule has 0 N–H and O–H groups in total. The molecule has 2 unspecified atom stereocenters. The molecule has 2 nitrogen and oxygen atoms in total. The Bertz CT molecular complexity index is 3570. The van der Waals surface area contributed by atoms with Crippen molar-refractivity contribution < 1.29 is 0 Å². The van der Waals surface area contributed by atoms with Gasteiger partial charge in [0, 0.05) is 46.0 Å². The lowest BCUT2D eigenvalue weighted by atomic mass is 9.74. The molecule has 8 aromatic rings. The number of aryl methyl sites for hydroxylation is 4. The van der Waals surface area contributed by atoms with E-state index in [1.807, 2.05) is 0 Å². The molecule has 68 heavy (non-hydrogen) atoms. The van der Waals surface area contributed by atoms with E-state index >= 15 is 0 Å². The van der Waals surface area contributed by atoms with Gasteiger partial charge in [-0.3, -0.25) is 0 Å². The highest BCUT2D eigenvalue weighted by Gasteiger charge is 2.46. The predicted octanol–water partition coefficient (Wildman–Crippen LogP) is 15.3. The van der Waals surface area contributed by atoms with E-state index in [0.29, 0.717) is 0 Å². The van der Waals surface area contributed by atoms with Crippen LogP contribution in [0, 0.1) is 39.5 Å². The maximum atomic E-state index is 2.59. The highest BCUT2D eigenvalue weighted by Crippen LogP contribution is 2.58. The van der Waals surface area contributed by atoms with Gasteiger partial charge in [0.2, 0.25) is 0 Å². The number of rotatable bonds is 8. The first-order chi connectivity index (χ1) is 33.3. The van der Waals surface area contributed by atoms with Crippen LogP contribution in [0.25, 0.3) is 39.5 Å². The maximum Gasteiger partial charge on any atom is 0.0468 e. The van der Waals surface area contributed by atoms with Crippen molar-refractivity contribution in [3.8, 4) is 22.3 Å². The Balaban J connectivity index is 1.07. The van der Waals surface area contributed by atoms with Crippen molar-refractivity contribution in [2.45, 2.75) is 27.7 Å². The predicted molar refractivity (Wildman–Crippen MR) is 285 cm³/mol. The van der Waals surface area contributed by atoms with Gasteiger partial charge in [0.15, 0.2) is 0 Å². The van der Waals surface area contributed by atoms with Crippen molar-refractivity contribution in [1.29, 1.82) is 0 Å². The molecule has 324 valence electrons. The monoisotopic (exact) mass is 870 g/mol. The second-order valence-electron chi connectivity index (χ2n) is 19.2. The molecule has 0 radical (unpaired) electrons. The van der Waals surface area contributed by atoms with Crippen LogP contribution in [0.15, 0.2) is 240 Å². The fraction of sp³-hybridized carbons (Fsp3) is 0.0909. The summed E-state index contributed by atoms with van der Waals surface area (Å²) in [6, 6.07) is 69.9. The van der Waals surface area contributed by atoms with Crippen LogP contribution in [-0.2, 0) is 0 Å². The number of hydrogen-bond acceptors (Lipinski definition) is 2. The van der Waals surface area contributed by atoms with Gasteiger partial charge in [-0.25, -0.2) is 0 Å². The Morgan fingerprint density at radius 3 is 1.41 bits per heavy atom. The maximum absolute atomic E-state index is 2.59. The summed E-state index contributed by atoms with van der Waals surface area (Å²) in [5, 5.41) is 2.68. The third-order valence-corrected chi connectivity index (χ3v) is 14.8. The summed E-state index contributed by atoms with van der Waals surface area (Å²) in [6.45, 7) is 8.65. The highest BCUT2D eigenvalue weighted by atomic mass is 15.2. The van der Waals surface area contributed by atoms with Gasteiger partial charge in [0.25, 0.3) is 0 Å². The number of nitrogens with zero attached hydrogens (tertiary/aromatic N) is 2. The van der Waals surface area contributed by atoms with Gasteiger partial charge in [-0.05, 0) is 184 Å². The lowest BCUT2D eigenvalue weighted by Crippen LogP contribution is -2.35. The fourth-order valence-corrected chi connectivity index (χ4v) is 11.5. The molecule has 0 bridgehead atoms. The molecule has 2 atom stereocenters. The number of benzene rings is 8. The van der Waals surface area contributed by atoms with E-state index in [1.165, 1.54) is 105 Å². The zero-order valence-electron chi connectivity index (χ0n) is 38.8. The van der Waals surface area contributed by atoms with Crippen LogP contribution >= 0.6 is 0 Å². The molecule has 0 saturated carbocycles. The summed E-state index contributed by atoms with van der Waals surface area (Å²) in [6.07, 6.45) is 12.6. The van der Waals surface area contributed by atoms with Gasteiger partial charge >= 0.3 is 0 Å². The molecule has 0 saturated heterocycles. The first-order valence-electron chi connectivity index (χ1n) is 24.0. The molecular formula is C66H50N2. The molecule has 0 heterocycles. The van der Waals surface area contributed by atoms with Crippen molar-refractivity contribution in [3.05, 3.63) is 284 Å². The largest absolute Gasteiger partial charge is 0.310 e. The number of anilines is 5. The van der Waals surface area contributed by atoms with Crippen LogP contribution in [0.5, 0.6) is 0 Å². The molecule has 5 aliphatic carbocycles. The molecule has 0 spiro atoms. The normalized spacial score (nSPS) is 16.9. The van der Waals surface area contributed by atoms with Crippen molar-refractivity contribution in [1.82, 2.24) is 0 Å². The quantitative estimate of drug-likeness (QED) is 0.150. The minimum atomic E-state index is 0.0725. The molecule has 0 aliphatic heterocycles. The molecule has 5 aliphatic rings. The van der Waals surface area contributed by atoms with Gasteiger partial charge in [-0.15, -0.1) is 0 Å². The summed E-state index contributed by atoms with van der Waals surface area (Å²) >= 11 is 0. The topological polar surface area (TPSA) is 6.48 Å². The Morgan fingerprint density at radius 1 is 0.353 bits per heavy atom. The number of hydrogen-bond donors (Lipinski definition) is 0. The standard InChI is InChI=1S/C66H50N2/c1-41-15-23-49(24-16-41)67(50-25-17-42(2)18-26-50)53-31-32-57-58(38-53)56-34-33-55(46-13-9-6-10-14-46)60-40-61-59-39-54(68(51-27-19-43(3)20-28-51)52-29-21-44(4)22-30-52)36-48-35-47(45-11-7-5-8-12-45)37-62(63(48)59)65(61)66(57)64(56)60/h5-40,63,65H,1-4H3. The van der Waals surface area contributed by atoms with Crippen LogP contribution in [0.2, 0.25) is 0 Å². The summed E-state index contributed by atoms with van der Waals surface area (Å²) in [5.41, 5.74) is 27.8. The van der Waals surface area contributed by atoms with E-state index in [0.717, 1.165) is 28.4 Å². The first kappa shape index (κ1) is 40.1. The number of allylic oxidation sites excluding steroid dienone is 9. The Kier molecular flexibility index (Phi) is 9.27. The SMILES string of the molecule is Cc1ccc(N(C2=CC3=C4C=c5c(-c6ccccc6)ccc6c5=C(c5ccc(N(c7ccc(C)cc7)c7ccc(C)cc7)cc5-6)C4C4=CC(c5ccccc5)=CC(=C2)C43)c2ccc(C)cc2)cc1. The second-order valence-corrected chi connectivity index (χ2v) is 19.2. The first-order valence-corrected chi connectivity index (χ1v) is 24.0. The van der Waals surface area contributed by atoms with E-state index in [9.17, 15) is 0 Å². The minimum absolute atomic E-state index is 0.0725. The van der Waals surface area contributed by atoms with E-state index < -0.39 is 0 Å². The molecule has 0 fully saturated rings. The molecule has 8 aromatic carbocycles. The van der Waals surface area contributed by atoms with Crippen LogP contribution < -0.4 is 20.2 Å². The zero-order chi connectivity index (χ0) is 45.6. The van der Waals surface area contributed by atoms with Crippen molar-refractivity contribution >= 4 is 45.7 Å². The Morgan fingerprint density at radius 2 is 0.838 bits per heavy atom. The summed E-state index contributed by atoms with van der Waals surface area (Å²) < 4.78 is 0. The van der Waals surface area contributed by atoms with Gasteiger partial charge in [0.1, 0.15) is 0 Å². The van der Waals surface area contributed by atoms with Gasteiger partial charge in [-0.2, -0.15) is 0 Å². The second kappa shape index (κ2) is 15.7. The van der Waals surface area contributed by atoms with Gasteiger partial charge in [0.05, 0.1) is 0 Å². The lowest BCUT2D eigenvalue weighted by molar-refractivity contribution is 0.828. The van der Waals surface area contributed by atoms with Crippen LogP contribution in [0.1, 0.15) is 33.4 Å². The van der Waals surface area contributed by atoms with Crippen molar-refractivity contribution in [2.75, 3.05) is 9.80 Å². The summed E-state index contributed by atoms with van der Waals surface area (Å²) in [4.78, 5) is 4.87. The average Bonchev–Trinajstić information content (AvgIpc) is 3.87. The zero-order valence-corrected chi connectivity index (χ0v) is 38.8. The summed E-state index contributed by atoms with van der Waals surface area (Å²) in [7, 11) is 0. The van der Waals surface area contributed by atoms with Gasteiger partial charge in [-0.1, -0.05) is 162 Å². The third kappa shape index (κ3) is 6.47. The lowest BCUT2D eigenvalue weighted by Gasteiger charge is -2.33. The van der Waals surface area contributed by atoms with Gasteiger partial charge < -0.3 is 9.80 Å². The Labute approximate surface area is 399 Å². The molecule has 2 heteroatoms.